The number of amides is 3. The van der Waals surface area contributed by atoms with E-state index in [0.717, 1.165) is 0 Å². The number of rotatable bonds is 2. The standard InChI is InChI=1S/C11H17N3O5S/c1-12-9(15)7-4-19-3-2-13(7)11(18)14-6-20-5-8(14)10(16)17/h7-8H,2-6H2,1H3,(H,12,15)(H,16,17). The van der Waals surface area contributed by atoms with E-state index in [2.05, 4.69) is 5.32 Å². The normalized spacial score (nSPS) is 26.4. The third-order valence-corrected chi connectivity index (χ3v) is 4.35. The van der Waals surface area contributed by atoms with Crippen molar-refractivity contribution in [2.75, 3.05) is 38.4 Å². The zero-order valence-electron chi connectivity index (χ0n) is 11.1. The molecule has 2 aliphatic heterocycles. The number of carboxylic acid groups (broad SMARTS) is 1. The van der Waals surface area contributed by atoms with Crippen molar-refractivity contribution in [3.8, 4) is 0 Å². The van der Waals surface area contributed by atoms with Crippen LogP contribution in [0.15, 0.2) is 0 Å². The second-order valence-electron chi connectivity index (χ2n) is 4.50. The molecule has 2 saturated heterocycles. The summed E-state index contributed by atoms with van der Waals surface area (Å²) in [6, 6.07) is -1.96. The number of urea groups is 1. The molecule has 2 N–H and O–H groups in total. The fourth-order valence-electron chi connectivity index (χ4n) is 2.22. The molecule has 2 unspecified atom stereocenters. The number of thioether (sulfide) groups is 1. The van der Waals surface area contributed by atoms with Crippen LogP contribution in [0.3, 0.4) is 0 Å². The third kappa shape index (κ3) is 2.83. The van der Waals surface area contributed by atoms with Gasteiger partial charge in [0.05, 0.1) is 19.1 Å². The highest BCUT2D eigenvalue weighted by atomic mass is 32.2. The van der Waals surface area contributed by atoms with E-state index < -0.39 is 24.1 Å². The average molecular weight is 303 g/mol. The quantitative estimate of drug-likeness (QED) is 0.680. The maximum atomic E-state index is 12.5. The van der Waals surface area contributed by atoms with Crippen LogP contribution in [-0.4, -0.2) is 83.3 Å². The Hall–Kier alpha value is -1.48. The van der Waals surface area contributed by atoms with Gasteiger partial charge < -0.3 is 25.0 Å². The Kier molecular flexibility index (Phi) is 4.71. The van der Waals surface area contributed by atoms with Crippen molar-refractivity contribution in [3.05, 3.63) is 0 Å². The van der Waals surface area contributed by atoms with Gasteiger partial charge in [0.2, 0.25) is 5.91 Å². The molecule has 2 aliphatic rings. The van der Waals surface area contributed by atoms with Crippen LogP contribution in [0.25, 0.3) is 0 Å². The number of aliphatic carboxylic acids is 1. The Bertz CT molecular complexity index is 419. The SMILES string of the molecule is CNC(=O)C1COCCN1C(=O)N1CSCC1C(=O)O. The van der Waals surface area contributed by atoms with E-state index in [1.807, 2.05) is 0 Å². The van der Waals surface area contributed by atoms with Gasteiger partial charge in [-0.15, -0.1) is 11.8 Å². The van der Waals surface area contributed by atoms with Gasteiger partial charge in [-0.25, -0.2) is 9.59 Å². The molecule has 0 saturated carbocycles. The summed E-state index contributed by atoms with van der Waals surface area (Å²) in [5.74, 6) is -0.631. The van der Waals surface area contributed by atoms with Crippen molar-refractivity contribution in [2.24, 2.45) is 0 Å². The summed E-state index contributed by atoms with van der Waals surface area (Å²) in [4.78, 5) is 38.1. The molecule has 2 rings (SSSR count). The highest BCUT2D eigenvalue weighted by Crippen LogP contribution is 2.24. The van der Waals surface area contributed by atoms with E-state index >= 15 is 0 Å². The molecule has 0 aromatic rings. The summed E-state index contributed by atoms with van der Waals surface area (Å²) < 4.78 is 5.23. The first kappa shape index (κ1) is 14.9. The fraction of sp³-hybridized carbons (Fsp3) is 0.727. The molecular formula is C11H17N3O5S. The van der Waals surface area contributed by atoms with Gasteiger partial charge in [0.15, 0.2) is 0 Å². The van der Waals surface area contributed by atoms with Gasteiger partial charge in [-0.05, 0) is 0 Å². The van der Waals surface area contributed by atoms with Gasteiger partial charge in [0.25, 0.3) is 0 Å². The number of likely N-dealkylation sites (N-methyl/N-ethyl adjacent to an activating group) is 1. The Balaban J connectivity index is 2.13. The maximum Gasteiger partial charge on any atom is 0.327 e. The summed E-state index contributed by atoms with van der Waals surface area (Å²) >= 11 is 1.39. The number of carboxylic acids is 1. The molecule has 2 atom stereocenters. The second kappa shape index (κ2) is 6.31. The summed E-state index contributed by atoms with van der Waals surface area (Å²) in [6.45, 7) is 0.756. The lowest BCUT2D eigenvalue weighted by Crippen LogP contribution is -2.59. The minimum absolute atomic E-state index is 0.129. The summed E-state index contributed by atoms with van der Waals surface area (Å²) in [6.07, 6.45) is 0. The number of morpholine rings is 1. The third-order valence-electron chi connectivity index (χ3n) is 3.34. The van der Waals surface area contributed by atoms with Gasteiger partial charge >= 0.3 is 12.0 Å². The number of nitrogens with one attached hydrogen (secondary N) is 1. The molecule has 9 heteroatoms. The summed E-state index contributed by atoms with van der Waals surface area (Å²) in [5, 5.41) is 11.6. The monoisotopic (exact) mass is 303 g/mol. The summed E-state index contributed by atoms with van der Waals surface area (Å²) in [7, 11) is 1.49. The molecule has 0 aromatic carbocycles. The minimum atomic E-state index is -1.02. The lowest BCUT2D eigenvalue weighted by molar-refractivity contribution is -0.141. The molecular weight excluding hydrogens is 286 g/mol. The van der Waals surface area contributed by atoms with Crippen LogP contribution in [0, 0.1) is 0 Å². The number of carbonyl (C=O) groups is 3. The van der Waals surface area contributed by atoms with Crippen molar-refractivity contribution in [2.45, 2.75) is 12.1 Å². The molecule has 0 aliphatic carbocycles. The molecule has 8 nitrogen and oxygen atoms in total. The van der Waals surface area contributed by atoms with Crippen molar-refractivity contribution < 1.29 is 24.2 Å². The number of carbonyl (C=O) groups excluding carboxylic acids is 2. The van der Waals surface area contributed by atoms with Crippen LogP contribution in [0.1, 0.15) is 0 Å². The van der Waals surface area contributed by atoms with Crippen LogP contribution in [-0.2, 0) is 14.3 Å². The topological polar surface area (TPSA) is 99.2 Å². The van der Waals surface area contributed by atoms with Gasteiger partial charge in [0.1, 0.15) is 12.1 Å². The Morgan fingerprint density at radius 3 is 2.70 bits per heavy atom. The van der Waals surface area contributed by atoms with E-state index in [4.69, 9.17) is 9.84 Å². The number of hydrogen-bond acceptors (Lipinski definition) is 5. The van der Waals surface area contributed by atoms with Gasteiger partial charge in [-0.3, -0.25) is 4.79 Å². The van der Waals surface area contributed by atoms with E-state index in [-0.39, 0.29) is 19.1 Å². The molecule has 0 spiro atoms. The van der Waals surface area contributed by atoms with E-state index in [1.54, 1.807) is 0 Å². The van der Waals surface area contributed by atoms with Crippen molar-refractivity contribution >= 4 is 29.7 Å². The highest BCUT2D eigenvalue weighted by molar-refractivity contribution is 7.99. The van der Waals surface area contributed by atoms with Crippen molar-refractivity contribution in [3.63, 3.8) is 0 Å². The molecule has 2 fully saturated rings. The molecule has 0 radical (unpaired) electrons. The average Bonchev–Trinajstić information content (AvgIpc) is 2.95. The first-order valence-electron chi connectivity index (χ1n) is 6.23. The molecule has 3 amide bonds. The lowest BCUT2D eigenvalue weighted by Gasteiger charge is -2.37. The van der Waals surface area contributed by atoms with Crippen molar-refractivity contribution in [1.82, 2.24) is 15.1 Å². The second-order valence-corrected chi connectivity index (χ2v) is 5.50. The Morgan fingerprint density at radius 1 is 1.30 bits per heavy atom. The molecule has 0 aromatic heterocycles. The predicted octanol–water partition coefficient (Wildman–Crippen LogP) is -0.987. The van der Waals surface area contributed by atoms with Gasteiger partial charge in [0, 0.05) is 19.3 Å². The number of nitrogens with zero attached hydrogens (tertiary/aromatic N) is 2. The summed E-state index contributed by atoms with van der Waals surface area (Å²) in [5.41, 5.74) is 0. The van der Waals surface area contributed by atoms with Crippen LogP contribution in [0.5, 0.6) is 0 Å². The first-order valence-corrected chi connectivity index (χ1v) is 7.39. The van der Waals surface area contributed by atoms with Crippen LogP contribution in [0.4, 0.5) is 4.79 Å². The van der Waals surface area contributed by atoms with Crippen LogP contribution < -0.4 is 5.32 Å². The fourth-order valence-corrected chi connectivity index (χ4v) is 3.36. The number of hydrogen-bond donors (Lipinski definition) is 2. The van der Waals surface area contributed by atoms with Crippen LogP contribution in [0.2, 0.25) is 0 Å². The lowest BCUT2D eigenvalue weighted by atomic mass is 10.2. The highest BCUT2D eigenvalue weighted by Gasteiger charge is 2.41. The zero-order valence-corrected chi connectivity index (χ0v) is 11.9. The zero-order chi connectivity index (χ0) is 14.7. The largest absolute Gasteiger partial charge is 0.480 e. The smallest absolute Gasteiger partial charge is 0.327 e. The van der Waals surface area contributed by atoms with E-state index in [9.17, 15) is 14.4 Å². The molecule has 0 bridgehead atoms. The van der Waals surface area contributed by atoms with Crippen molar-refractivity contribution in [1.29, 1.82) is 0 Å². The first-order chi connectivity index (χ1) is 9.56. The van der Waals surface area contributed by atoms with Crippen LogP contribution >= 0.6 is 11.8 Å². The van der Waals surface area contributed by atoms with Gasteiger partial charge in [-0.1, -0.05) is 0 Å². The van der Waals surface area contributed by atoms with E-state index in [1.165, 1.54) is 28.6 Å². The molecule has 20 heavy (non-hydrogen) atoms. The molecule has 2 heterocycles. The molecule has 112 valence electrons. The van der Waals surface area contributed by atoms with Gasteiger partial charge in [-0.2, -0.15) is 0 Å². The Morgan fingerprint density at radius 2 is 2.05 bits per heavy atom. The maximum absolute atomic E-state index is 12.5. The van der Waals surface area contributed by atoms with E-state index in [0.29, 0.717) is 18.2 Å². The number of ether oxygens (including phenoxy) is 1. The Labute approximate surface area is 120 Å². The predicted molar refractivity (Wildman–Crippen MR) is 71.4 cm³/mol. The minimum Gasteiger partial charge on any atom is -0.480 e.